The molecule has 114 valence electrons. The van der Waals surface area contributed by atoms with Crippen molar-refractivity contribution in [3.63, 3.8) is 0 Å². The molecule has 0 atom stereocenters. The van der Waals surface area contributed by atoms with Crippen molar-refractivity contribution in [1.82, 2.24) is 14.7 Å². The van der Waals surface area contributed by atoms with E-state index in [1.165, 1.54) is 17.0 Å². The molecule has 2 rings (SSSR count). The number of phenols is 1. The van der Waals surface area contributed by atoms with Crippen LogP contribution in [0.15, 0.2) is 18.2 Å². The number of hydrogen-bond donors (Lipinski definition) is 2. The lowest BCUT2D eigenvalue weighted by Gasteiger charge is -2.36. The maximum atomic E-state index is 12.3. The van der Waals surface area contributed by atoms with Gasteiger partial charge in [0.05, 0.1) is 5.69 Å². The van der Waals surface area contributed by atoms with Crippen LogP contribution in [0.1, 0.15) is 10.4 Å². The van der Waals surface area contributed by atoms with Gasteiger partial charge in [-0.3, -0.25) is 4.79 Å². The second-order valence-corrected chi connectivity index (χ2v) is 5.23. The second-order valence-electron chi connectivity index (χ2n) is 5.23. The molecular weight excluding hydrogens is 272 g/mol. The van der Waals surface area contributed by atoms with Crippen LogP contribution in [0.4, 0.5) is 10.5 Å². The van der Waals surface area contributed by atoms with Crippen molar-refractivity contribution in [3.8, 4) is 5.75 Å². The van der Waals surface area contributed by atoms with Crippen molar-refractivity contribution in [2.24, 2.45) is 0 Å². The van der Waals surface area contributed by atoms with E-state index in [1.807, 2.05) is 0 Å². The van der Waals surface area contributed by atoms with E-state index in [4.69, 9.17) is 5.73 Å². The second kappa shape index (κ2) is 5.90. The molecule has 3 amide bonds. The number of benzene rings is 1. The summed E-state index contributed by atoms with van der Waals surface area (Å²) in [5.74, 6) is -0.260. The minimum atomic E-state index is -0.165. The number of amides is 3. The third-order valence-electron chi connectivity index (χ3n) is 3.50. The van der Waals surface area contributed by atoms with Gasteiger partial charge in [0, 0.05) is 45.8 Å². The third-order valence-corrected chi connectivity index (χ3v) is 3.50. The van der Waals surface area contributed by atoms with Crippen molar-refractivity contribution in [3.05, 3.63) is 23.8 Å². The molecule has 0 aromatic heterocycles. The Labute approximate surface area is 123 Å². The van der Waals surface area contributed by atoms with E-state index in [0.29, 0.717) is 31.7 Å². The average Bonchev–Trinajstić information content (AvgIpc) is 2.48. The van der Waals surface area contributed by atoms with Crippen LogP contribution in [-0.2, 0) is 0 Å². The maximum absolute atomic E-state index is 12.3. The Morgan fingerprint density at radius 1 is 1.14 bits per heavy atom. The lowest BCUT2D eigenvalue weighted by Crippen LogP contribution is -2.52. The monoisotopic (exact) mass is 292 g/mol. The summed E-state index contributed by atoms with van der Waals surface area (Å²) in [6, 6.07) is 4.42. The molecule has 1 aliphatic rings. The first-order chi connectivity index (χ1) is 9.90. The lowest BCUT2D eigenvalue weighted by molar-refractivity contribution is 0.0650. The van der Waals surface area contributed by atoms with Gasteiger partial charge in [0.2, 0.25) is 0 Å². The Bertz CT molecular complexity index is 551. The summed E-state index contributed by atoms with van der Waals surface area (Å²) in [4.78, 5) is 29.1. The highest BCUT2D eigenvalue weighted by atomic mass is 16.3. The standard InChI is InChI=1S/C14H20N4O3/c1-16(2)14(21)18-7-5-17(6-8-18)13(20)10-3-4-11(15)12(19)9-10/h3-4,9,19H,5-8,15H2,1-2H3. The zero-order valence-electron chi connectivity index (χ0n) is 12.2. The summed E-state index contributed by atoms with van der Waals surface area (Å²) < 4.78 is 0. The fourth-order valence-corrected chi connectivity index (χ4v) is 2.24. The van der Waals surface area contributed by atoms with E-state index in [1.54, 1.807) is 30.0 Å². The van der Waals surface area contributed by atoms with Crippen LogP contribution in [0.2, 0.25) is 0 Å². The lowest BCUT2D eigenvalue weighted by atomic mass is 10.1. The van der Waals surface area contributed by atoms with Crippen molar-refractivity contribution in [2.45, 2.75) is 0 Å². The predicted molar refractivity (Wildman–Crippen MR) is 79.1 cm³/mol. The molecule has 1 saturated heterocycles. The van der Waals surface area contributed by atoms with Gasteiger partial charge >= 0.3 is 6.03 Å². The third kappa shape index (κ3) is 3.18. The number of nitrogens with two attached hydrogens (primary N) is 1. The number of aromatic hydroxyl groups is 1. The highest BCUT2D eigenvalue weighted by molar-refractivity contribution is 5.95. The number of carbonyl (C=O) groups excluding carboxylic acids is 2. The SMILES string of the molecule is CN(C)C(=O)N1CCN(C(=O)c2ccc(N)c(O)c2)CC1. The number of hydrogen-bond acceptors (Lipinski definition) is 4. The molecule has 1 heterocycles. The summed E-state index contributed by atoms with van der Waals surface area (Å²) in [6.45, 7) is 1.96. The topological polar surface area (TPSA) is 90.1 Å². The summed E-state index contributed by atoms with van der Waals surface area (Å²) in [6.07, 6.45) is 0. The molecule has 1 fully saturated rings. The van der Waals surface area contributed by atoms with E-state index >= 15 is 0 Å². The van der Waals surface area contributed by atoms with Gasteiger partial charge in [0.15, 0.2) is 0 Å². The average molecular weight is 292 g/mol. The van der Waals surface area contributed by atoms with Gasteiger partial charge in [-0.05, 0) is 18.2 Å². The van der Waals surface area contributed by atoms with E-state index in [-0.39, 0.29) is 23.4 Å². The summed E-state index contributed by atoms with van der Waals surface area (Å²) in [7, 11) is 3.41. The molecule has 1 aromatic rings. The summed E-state index contributed by atoms with van der Waals surface area (Å²) >= 11 is 0. The molecule has 0 saturated carbocycles. The Morgan fingerprint density at radius 2 is 1.71 bits per heavy atom. The fraction of sp³-hybridized carbons (Fsp3) is 0.429. The fourth-order valence-electron chi connectivity index (χ4n) is 2.24. The molecule has 0 bridgehead atoms. The molecule has 0 aliphatic carbocycles. The number of piperazine rings is 1. The Kier molecular flexibility index (Phi) is 4.21. The van der Waals surface area contributed by atoms with Crippen molar-refractivity contribution in [1.29, 1.82) is 0 Å². The van der Waals surface area contributed by atoms with E-state index < -0.39 is 0 Å². The Balaban J connectivity index is 2.00. The van der Waals surface area contributed by atoms with Crippen molar-refractivity contribution in [2.75, 3.05) is 46.0 Å². The molecule has 7 heteroatoms. The van der Waals surface area contributed by atoms with Crippen LogP contribution >= 0.6 is 0 Å². The number of anilines is 1. The molecule has 0 spiro atoms. The zero-order valence-corrected chi connectivity index (χ0v) is 12.2. The zero-order chi connectivity index (χ0) is 15.6. The van der Waals surface area contributed by atoms with E-state index in [2.05, 4.69) is 0 Å². The highest BCUT2D eigenvalue weighted by Crippen LogP contribution is 2.22. The summed E-state index contributed by atoms with van der Waals surface area (Å²) in [5, 5.41) is 9.57. The van der Waals surface area contributed by atoms with Gasteiger partial charge in [-0.1, -0.05) is 0 Å². The van der Waals surface area contributed by atoms with Gasteiger partial charge in [-0.25, -0.2) is 4.79 Å². The smallest absolute Gasteiger partial charge is 0.319 e. The first-order valence-electron chi connectivity index (χ1n) is 6.74. The number of phenolic OH excluding ortho intramolecular Hbond substituents is 1. The Hall–Kier alpha value is -2.44. The van der Waals surface area contributed by atoms with Crippen molar-refractivity contribution >= 4 is 17.6 Å². The van der Waals surface area contributed by atoms with Crippen LogP contribution in [-0.4, -0.2) is 72.0 Å². The molecule has 0 unspecified atom stereocenters. The van der Waals surface area contributed by atoms with Gasteiger partial charge in [-0.15, -0.1) is 0 Å². The molecule has 7 nitrogen and oxygen atoms in total. The first kappa shape index (κ1) is 15.0. The largest absolute Gasteiger partial charge is 0.506 e. The van der Waals surface area contributed by atoms with Crippen LogP contribution < -0.4 is 5.73 Å². The highest BCUT2D eigenvalue weighted by Gasteiger charge is 2.25. The molecule has 1 aliphatic heterocycles. The number of nitrogen functional groups attached to an aromatic ring is 1. The van der Waals surface area contributed by atoms with Crippen molar-refractivity contribution < 1.29 is 14.7 Å². The van der Waals surface area contributed by atoms with Crippen LogP contribution in [0, 0.1) is 0 Å². The molecule has 1 aromatic carbocycles. The van der Waals surface area contributed by atoms with Gasteiger partial charge in [-0.2, -0.15) is 0 Å². The molecule has 0 radical (unpaired) electrons. The normalized spacial score (nSPS) is 15.0. The molecule has 21 heavy (non-hydrogen) atoms. The van der Waals surface area contributed by atoms with Gasteiger partial charge in [0.25, 0.3) is 5.91 Å². The minimum absolute atomic E-state index is 0.0489. The number of urea groups is 1. The van der Waals surface area contributed by atoms with Crippen LogP contribution in [0.3, 0.4) is 0 Å². The number of carbonyl (C=O) groups is 2. The molecule has 3 N–H and O–H groups in total. The van der Waals surface area contributed by atoms with E-state index in [0.717, 1.165) is 0 Å². The Morgan fingerprint density at radius 3 is 2.24 bits per heavy atom. The molecular formula is C14H20N4O3. The van der Waals surface area contributed by atoms with E-state index in [9.17, 15) is 14.7 Å². The number of nitrogens with zero attached hydrogens (tertiary/aromatic N) is 3. The van der Waals surface area contributed by atoms with Gasteiger partial charge < -0.3 is 25.5 Å². The number of rotatable bonds is 1. The van der Waals surface area contributed by atoms with Crippen LogP contribution in [0.25, 0.3) is 0 Å². The summed E-state index contributed by atoms with van der Waals surface area (Å²) in [5.41, 5.74) is 6.16. The first-order valence-corrected chi connectivity index (χ1v) is 6.74. The quantitative estimate of drug-likeness (QED) is 0.579. The maximum Gasteiger partial charge on any atom is 0.319 e. The van der Waals surface area contributed by atoms with Crippen LogP contribution in [0.5, 0.6) is 5.75 Å². The predicted octanol–water partition coefficient (Wildman–Crippen LogP) is 0.414. The minimum Gasteiger partial charge on any atom is -0.506 e. The van der Waals surface area contributed by atoms with Gasteiger partial charge in [0.1, 0.15) is 5.75 Å².